The number of primary amides is 1. The monoisotopic (exact) mass is 418 g/mol. The molecule has 0 saturated heterocycles. The first-order chi connectivity index (χ1) is 13.7. The van der Waals surface area contributed by atoms with E-state index < -0.39 is 28.9 Å². The molecule has 0 radical (unpaired) electrons. The Morgan fingerprint density at radius 3 is 2.55 bits per heavy atom. The van der Waals surface area contributed by atoms with Crippen molar-refractivity contribution < 1.29 is 23.1 Å². The number of carbonyl (C=O) groups is 1. The van der Waals surface area contributed by atoms with E-state index in [1.54, 1.807) is 25.4 Å². The van der Waals surface area contributed by atoms with Crippen LogP contribution in [0.25, 0.3) is 21.3 Å². The molecule has 4 rings (SSSR count). The number of carbonyl (C=O) groups excluding carboxylic acids is 1. The lowest BCUT2D eigenvalue weighted by molar-refractivity contribution is 0.100. The third kappa shape index (κ3) is 3.27. The van der Waals surface area contributed by atoms with Crippen LogP contribution >= 0.6 is 11.3 Å². The Balaban J connectivity index is 1.78. The summed E-state index contributed by atoms with van der Waals surface area (Å²) >= 11 is 0.875. The van der Waals surface area contributed by atoms with E-state index in [4.69, 9.17) is 5.73 Å². The summed E-state index contributed by atoms with van der Waals surface area (Å²) in [5, 5.41) is 13.6. The number of anilines is 2. The molecular weight excluding hydrogens is 405 g/mol. The number of rotatable bonds is 4. The second kappa shape index (κ2) is 6.82. The largest absolute Gasteiger partial charge is 0.494 e. The number of aryl methyl sites for hydroxylation is 1. The van der Waals surface area contributed by atoms with Gasteiger partial charge < -0.3 is 20.7 Å². The second-order valence-corrected chi connectivity index (χ2v) is 7.33. The number of pyridine rings is 1. The lowest BCUT2D eigenvalue weighted by Gasteiger charge is -2.05. The van der Waals surface area contributed by atoms with Crippen LogP contribution in [0.5, 0.6) is 5.88 Å². The Bertz CT molecular complexity index is 1260. The van der Waals surface area contributed by atoms with Gasteiger partial charge in [-0.1, -0.05) is 0 Å². The van der Waals surface area contributed by atoms with Crippen molar-refractivity contribution in [2.75, 3.05) is 5.32 Å². The van der Waals surface area contributed by atoms with Gasteiger partial charge in [-0.3, -0.25) is 4.79 Å². The number of aromatic nitrogens is 2. The van der Waals surface area contributed by atoms with Gasteiger partial charge in [-0.05, 0) is 18.2 Å². The molecule has 0 bridgehead atoms. The van der Waals surface area contributed by atoms with Gasteiger partial charge in [0.2, 0.25) is 0 Å². The average molecular weight is 418 g/mol. The number of hydrogen-bond acceptors (Lipinski definition) is 5. The minimum absolute atomic E-state index is 0.00549. The zero-order chi connectivity index (χ0) is 20.9. The number of nitrogens with one attached hydrogen (secondary N) is 1. The fourth-order valence-corrected chi connectivity index (χ4v) is 4.07. The van der Waals surface area contributed by atoms with Gasteiger partial charge in [0.1, 0.15) is 28.3 Å². The number of thiophene rings is 1. The number of hydrogen-bond donors (Lipinski definition) is 3. The molecule has 0 fully saturated rings. The third-order valence-electron chi connectivity index (χ3n) is 4.31. The first-order valence-electron chi connectivity index (χ1n) is 8.25. The fourth-order valence-electron chi connectivity index (χ4n) is 2.95. The van der Waals surface area contributed by atoms with Crippen LogP contribution in [0.4, 0.5) is 24.0 Å². The van der Waals surface area contributed by atoms with Crippen LogP contribution in [0.2, 0.25) is 0 Å². The normalized spacial score (nSPS) is 11.2. The van der Waals surface area contributed by atoms with E-state index >= 15 is 0 Å². The topological polar surface area (TPSA) is 93.2 Å². The van der Waals surface area contributed by atoms with Gasteiger partial charge in [0.25, 0.3) is 5.91 Å². The highest BCUT2D eigenvalue weighted by Crippen LogP contribution is 2.39. The van der Waals surface area contributed by atoms with Gasteiger partial charge in [-0.15, -0.1) is 11.3 Å². The van der Waals surface area contributed by atoms with E-state index in [2.05, 4.69) is 10.3 Å². The minimum Gasteiger partial charge on any atom is -0.494 e. The zero-order valence-electron chi connectivity index (χ0n) is 14.8. The maximum atomic E-state index is 14.1. The molecule has 3 heterocycles. The standard InChI is InChI=1S/C19H13F3N4O2S/c1-26-7-13-9(19(26)28)2-3-15(24-13)25-18-10(17(23)27)6-14(29-18)16-11(21)4-8(20)5-12(16)22/h2-7,28H,1H3,(H2,23,27)(H,24,25). The molecule has 3 aromatic heterocycles. The maximum absolute atomic E-state index is 14.1. The first kappa shape index (κ1) is 18.8. The van der Waals surface area contributed by atoms with Crippen molar-refractivity contribution in [3.63, 3.8) is 0 Å². The van der Waals surface area contributed by atoms with Gasteiger partial charge in [0, 0.05) is 30.3 Å². The smallest absolute Gasteiger partial charge is 0.251 e. The van der Waals surface area contributed by atoms with Crippen molar-refractivity contribution in [2.45, 2.75) is 0 Å². The molecular formula is C19H13F3N4O2S. The molecule has 0 atom stereocenters. The van der Waals surface area contributed by atoms with Crippen LogP contribution in [0.1, 0.15) is 10.4 Å². The molecule has 148 valence electrons. The molecule has 0 spiro atoms. The summed E-state index contributed by atoms with van der Waals surface area (Å²) in [6.07, 6.45) is 1.62. The van der Waals surface area contributed by atoms with Gasteiger partial charge in [0.15, 0.2) is 5.88 Å². The molecule has 0 aliphatic heterocycles. The van der Waals surface area contributed by atoms with Crippen molar-refractivity contribution >= 4 is 39.0 Å². The predicted octanol–water partition coefficient (Wildman–Crippen LogP) is 4.27. The van der Waals surface area contributed by atoms with E-state index in [9.17, 15) is 23.1 Å². The van der Waals surface area contributed by atoms with E-state index in [0.29, 0.717) is 28.9 Å². The molecule has 4 N–H and O–H groups in total. The van der Waals surface area contributed by atoms with Crippen LogP contribution in [-0.4, -0.2) is 20.6 Å². The van der Waals surface area contributed by atoms with Crippen molar-refractivity contribution in [3.05, 3.63) is 59.5 Å². The Morgan fingerprint density at radius 1 is 1.21 bits per heavy atom. The van der Waals surface area contributed by atoms with Crippen molar-refractivity contribution in [3.8, 4) is 16.3 Å². The molecule has 1 amide bonds. The number of benzene rings is 1. The summed E-state index contributed by atoms with van der Waals surface area (Å²) in [4.78, 5) is 16.2. The summed E-state index contributed by atoms with van der Waals surface area (Å²) in [6.45, 7) is 0. The zero-order valence-corrected chi connectivity index (χ0v) is 15.6. The molecule has 0 aliphatic carbocycles. The molecule has 6 nitrogen and oxygen atoms in total. The molecule has 29 heavy (non-hydrogen) atoms. The van der Waals surface area contributed by atoms with Crippen LogP contribution in [-0.2, 0) is 7.05 Å². The predicted molar refractivity (Wildman–Crippen MR) is 104 cm³/mol. The molecule has 0 saturated carbocycles. The molecule has 4 aromatic rings. The summed E-state index contributed by atoms with van der Waals surface area (Å²) in [5.41, 5.74) is 5.45. The highest BCUT2D eigenvalue weighted by Gasteiger charge is 2.21. The second-order valence-electron chi connectivity index (χ2n) is 6.28. The first-order valence-corrected chi connectivity index (χ1v) is 9.07. The minimum atomic E-state index is -1.09. The van der Waals surface area contributed by atoms with Crippen LogP contribution < -0.4 is 11.1 Å². The number of nitrogens with two attached hydrogens (primary N) is 1. The number of nitrogens with zero attached hydrogens (tertiary/aromatic N) is 2. The lowest BCUT2D eigenvalue weighted by atomic mass is 10.1. The van der Waals surface area contributed by atoms with Crippen LogP contribution in [0, 0.1) is 17.5 Å². The Labute approximate surface area is 166 Å². The molecule has 1 aromatic carbocycles. The van der Waals surface area contributed by atoms with Crippen LogP contribution in [0.3, 0.4) is 0 Å². The Kier molecular flexibility index (Phi) is 4.42. The number of aromatic hydroxyl groups is 1. The summed E-state index contributed by atoms with van der Waals surface area (Å²) in [6, 6.07) is 5.57. The number of halogens is 3. The van der Waals surface area contributed by atoms with E-state index in [0.717, 1.165) is 11.3 Å². The quantitative estimate of drug-likeness (QED) is 0.462. The van der Waals surface area contributed by atoms with Gasteiger partial charge in [-0.25, -0.2) is 18.2 Å². The van der Waals surface area contributed by atoms with E-state index in [1.165, 1.54) is 10.6 Å². The van der Waals surface area contributed by atoms with Crippen molar-refractivity contribution in [2.24, 2.45) is 12.8 Å². The molecule has 0 aliphatic rings. The number of fused-ring (bicyclic) bond motifs is 1. The molecule has 10 heteroatoms. The van der Waals surface area contributed by atoms with Crippen molar-refractivity contribution in [1.82, 2.24) is 9.55 Å². The summed E-state index contributed by atoms with van der Waals surface area (Å²) < 4.78 is 43.0. The maximum Gasteiger partial charge on any atom is 0.251 e. The van der Waals surface area contributed by atoms with Crippen molar-refractivity contribution in [1.29, 1.82) is 0 Å². The Morgan fingerprint density at radius 2 is 1.90 bits per heavy atom. The highest BCUT2D eigenvalue weighted by molar-refractivity contribution is 7.20. The van der Waals surface area contributed by atoms with E-state index in [-0.39, 0.29) is 21.3 Å². The lowest BCUT2D eigenvalue weighted by Crippen LogP contribution is -2.11. The highest BCUT2D eigenvalue weighted by atomic mass is 32.1. The third-order valence-corrected chi connectivity index (χ3v) is 5.38. The summed E-state index contributed by atoms with van der Waals surface area (Å²) in [5.74, 6) is -3.65. The average Bonchev–Trinajstić information content (AvgIpc) is 3.15. The summed E-state index contributed by atoms with van der Waals surface area (Å²) in [7, 11) is 1.66. The van der Waals surface area contributed by atoms with Crippen LogP contribution in [0.15, 0.2) is 36.5 Å². The van der Waals surface area contributed by atoms with Gasteiger partial charge in [-0.2, -0.15) is 0 Å². The molecule has 0 unspecified atom stereocenters. The SMILES string of the molecule is Cn1cc2nc(Nc3sc(-c4c(F)cc(F)cc4F)cc3C(N)=O)ccc2c1O. The fraction of sp³-hybridized carbons (Fsp3) is 0.0526. The van der Waals surface area contributed by atoms with Gasteiger partial charge >= 0.3 is 0 Å². The Hall–Kier alpha value is -3.53. The van der Waals surface area contributed by atoms with E-state index in [1.807, 2.05) is 0 Å². The number of amides is 1. The van der Waals surface area contributed by atoms with Gasteiger partial charge in [0.05, 0.1) is 22.0 Å².